The van der Waals surface area contributed by atoms with Gasteiger partial charge in [0, 0.05) is 18.5 Å². The molecule has 1 aliphatic carbocycles. The number of aliphatic carboxylic acids is 1. The standard InChI is InChI=1S/C24H29Cl2NO6S/c1-5-13(2)22(31)17-10-11-18(21(26)20(17)25)33-24(34-15(4)28)14(3)23(32)27(12-19(29)30)16-8-6-7-9-16/h10-11,14,16,24H,2,5-9,12H2,1,3-4H3,(H,29,30). The Kier molecular flexibility index (Phi) is 10.5. The molecule has 1 amide bonds. The smallest absolute Gasteiger partial charge is 0.323 e. The Bertz CT molecular complexity index is 976. The van der Waals surface area contributed by atoms with Crippen LogP contribution in [0.5, 0.6) is 5.75 Å². The average Bonchev–Trinajstić information content (AvgIpc) is 3.32. The molecule has 0 radical (unpaired) electrons. The van der Waals surface area contributed by atoms with Crippen LogP contribution in [0.4, 0.5) is 0 Å². The third-order valence-corrected chi connectivity index (χ3v) is 7.65. The van der Waals surface area contributed by atoms with Crippen LogP contribution in [-0.4, -0.2) is 50.8 Å². The molecule has 186 valence electrons. The molecule has 0 bridgehead atoms. The van der Waals surface area contributed by atoms with E-state index in [-0.39, 0.29) is 38.3 Å². The number of halogens is 2. The molecule has 0 saturated heterocycles. The number of nitrogens with zero attached hydrogens (tertiary/aromatic N) is 1. The number of hydrogen-bond acceptors (Lipinski definition) is 6. The molecule has 0 spiro atoms. The number of amides is 1. The van der Waals surface area contributed by atoms with Gasteiger partial charge in [-0.1, -0.05) is 49.5 Å². The SMILES string of the molecule is C=C(CC)C(=O)c1ccc(OC(SC(C)=O)C(C)C(=O)N(CC(=O)O)C2CCCC2)c(Cl)c1Cl. The minimum absolute atomic E-state index is 0.0113. The highest BCUT2D eigenvalue weighted by Crippen LogP contribution is 2.38. The van der Waals surface area contributed by atoms with E-state index >= 15 is 0 Å². The fraction of sp³-hybridized carbons (Fsp3) is 0.500. The molecule has 0 aromatic heterocycles. The van der Waals surface area contributed by atoms with E-state index < -0.39 is 29.8 Å². The van der Waals surface area contributed by atoms with E-state index in [4.69, 9.17) is 27.9 Å². The van der Waals surface area contributed by atoms with Crippen molar-refractivity contribution >= 4 is 57.7 Å². The maximum atomic E-state index is 13.3. The van der Waals surface area contributed by atoms with Crippen LogP contribution in [0, 0.1) is 5.92 Å². The molecule has 0 heterocycles. The van der Waals surface area contributed by atoms with Gasteiger partial charge >= 0.3 is 5.97 Å². The zero-order chi connectivity index (χ0) is 25.6. The first-order valence-corrected chi connectivity index (χ1v) is 12.7. The van der Waals surface area contributed by atoms with Crippen LogP contribution in [0.25, 0.3) is 0 Å². The summed E-state index contributed by atoms with van der Waals surface area (Å²) in [5, 5.41) is 9.01. The van der Waals surface area contributed by atoms with Gasteiger partial charge in [0.2, 0.25) is 5.91 Å². The number of Topliss-reactive ketones (excluding diaryl/α,β-unsaturated/α-hetero) is 1. The number of carboxylic acid groups (broad SMARTS) is 1. The molecule has 2 rings (SSSR count). The molecule has 1 fully saturated rings. The first-order chi connectivity index (χ1) is 16.0. The van der Waals surface area contributed by atoms with Gasteiger partial charge in [0.05, 0.1) is 10.9 Å². The molecule has 1 aliphatic rings. The number of ether oxygens (including phenoxy) is 1. The monoisotopic (exact) mass is 529 g/mol. The highest BCUT2D eigenvalue weighted by Gasteiger charge is 2.36. The lowest BCUT2D eigenvalue weighted by molar-refractivity contribution is -0.148. The van der Waals surface area contributed by atoms with Gasteiger partial charge in [0.25, 0.3) is 0 Å². The third-order valence-electron chi connectivity index (χ3n) is 5.72. The minimum Gasteiger partial charge on any atom is -0.480 e. The van der Waals surface area contributed by atoms with Gasteiger partial charge in [0.1, 0.15) is 17.3 Å². The fourth-order valence-corrected chi connectivity index (χ4v) is 5.04. The predicted molar refractivity (Wildman–Crippen MR) is 134 cm³/mol. The summed E-state index contributed by atoms with van der Waals surface area (Å²) in [6.07, 6.45) is 3.77. The number of carboxylic acids is 1. The van der Waals surface area contributed by atoms with Crippen molar-refractivity contribution in [2.45, 2.75) is 64.4 Å². The topological polar surface area (TPSA) is 101 Å². The zero-order valence-electron chi connectivity index (χ0n) is 19.4. The third kappa shape index (κ3) is 6.99. The quantitative estimate of drug-likeness (QED) is 0.225. The van der Waals surface area contributed by atoms with E-state index in [1.807, 2.05) is 0 Å². The summed E-state index contributed by atoms with van der Waals surface area (Å²) in [6.45, 7) is 8.04. The van der Waals surface area contributed by atoms with Crippen LogP contribution in [0.1, 0.15) is 63.2 Å². The van der Waals surface area contributed by atoms with Crippen molar-refractivity contribution in [2.24, 2.45) is 5.92 Å². The second kappa shape index (κ2) is 12.6. The lowest BCUT2D eigenvalue weighted by Crippen LogP contribution is -2.47. The molecule has 1 saturated carbocycles. The minimum atomic E-state index is -1.10. The molecule has 2 unspecified atom stereocenters. The van der Waals surface area contributed by atoms with Crippen LogP contribution in [0.15, 0.2) is 24.3 Å². The average molecular weight is 530 g/mol. The lowest BCUT2D eigenvalue weighted by atomic mass is 10.0. The number of ketones is 1. The second-order valence-electron chi connectivity index (χ2n) is 8.21. The molecular formula is C24H29Cl2NO6S. The number of thioether (sulfide) groups is 1. The van der Waals surface area contributed by atoms with Crippen molar-refractivity contribution in [2.75, 3.05) is 6.54 Å². The fourth-order valence-electron chi connectivity index (χ4n) is 3.79. The van der Waals surface area contributed by atoms with Crippen molar-refractivity contribution in [1.29, 1.82) is 0 Å². The number of carbonyl (C=O) groups is 4. The van der Waals surface area contributed by atoms with E-state index in [0.29, 0.717) is 12.0 Å². The van der Waals surface area contributed by atoms with E-state index in [0.717, 1.165) is 37.4 Å². The van der Waals surface area contributed by atoms with Crippen molar-refractivity contribution in [3.05, 3.63) is 39.9 Å². The summed E-state index contributed by atoms with van der Waals surface area (Å²) >= 11 is 13.5. The Morgan fingerprint density at radius 2 is 1.82 bits per heavy atom. The van der Waals surface area contributed by atoms with Crippen LogP contribution in [0.3, 0.4) is 0 Å². The zero-order valence-corrected chi connectivity index (χ0v) is 21.8. The summed E-state index contributed by atoms with van der Waals surface area (Å²) in [7, 11) is 0. The van der Waals surface area contributed by atoms with Gasteiger partial charge in [-0.2, -0.15) is 0 Å². The molecule has 1 aromatic carbocycles. The Labute approximate surface area is 213 Å². The first-order valence-electron chi connectivity index (χ1n) is 11.0. The number of hydrogen-bond donors (Lipinski definition) is 1. The number of benzene rings is 1. The maximum absolute atomic E-state index is 13.3. The normalized spacial score (nSPS) is 15.4. The lowest BCUT2D eigenvalue weighted by Gasteiger charge is -2.32. The predicted octanol–water partition coefficient (Wildman–Crippen LogP) is 5.62. The Morgan fingerprint density at radius 1 is 1.21 bits per heavy atom. The number of allylic oxidation sites excluding steroid dienone is 1. The van der Waals surface area contributed by atoms with Crippen molar-refractivity contribution in [3.63, 3.8) is 0 Å². The highest BCUT2D eigenvalue weighted by molar-refractivity contribution is 8.14. The van der Waals surface area contributed by atoms with Crippen LogP contribution >= 0.6 is 35.0 Å². The number of rotatable bonds is 11. The maximum Gasteiger partial charge on any atom is 0.323 e. The molecule has 2 atom stereocenters. The van der Waals surface area contributed by atoms with Gasteiger partial charge < -0.3 is 14.7 Å². The Morgan fingerprint density at radius 3 is 2.35 bits per heavy atom. The molecule has 0 aliphatic heterocycles. The van der Waals surface area contributed by atoms with Crippen LogP contribution < -0.4 is 4.74 Å². The second-order valence-corrected chi connectivity index (χ2v) is 10.2. The van der Waals surface area contributed by atoms with Crippen molar-refractivity contribution in [1.82, 2.24) is 4.90 Å². The van der Waals surface area contributed by atoms with Crippen molar-refractivity contribution in [3.8, 4) is 5.75 Å². The molecule has 10 heteroatoms. The molecule has 1 N–H and O–H groups in total. The van der Waals surface area contributed by atoms with E-state index in [1.165, 1.54) is 24.0 Å². The highest BCUT2D eigenvalue weighted by atomic mass is 35.5. The van der Waals surface area contributed by atoms with E-state index in [2.05, 4.69) is 6.58 Å². The number of carbonyl (C=O) groups excluding carboxylic acids is 3. The summed E-state index contributed by atoms with van der Waals surface area (Å²) in [5.41, 5.74) is -0.427. The molecule has 1 aromatic rings. The summed E-state index contributed by atoms with van der Waals surface area (Å²) in [6, 6.07) is 2.76. The van der Waals surface area contributed by atoms with Gasteiger partial charge in [-0.3, -0.25) is 19.2 Å². The van der Waals surface area contributed by atoms with Gasteiger partial charge in [-0.15, -0.1) is 0 Å². The van der Waals surface area contributed by atoms with Gasteiger partial charge in [0.15, 0.2) is 16.3 Å². The van der Waals surface area contributed by atoms with Crippen molar-refractivity contribution < 1.29 is 29.0 Å². The molecule has 7 nitrogen and oxygen atoms in total. The Hall–Kier alpha value is -2.03. The molecule has 34 heavy (non-hydrogen) atoms. The van der Waals surface area contributed by atoms with E-state index in [1.54, 1.807) is 13.8 Å². The Balaban J connectivity index is 2.33. The summed E-state index contributed by atoms with van der Waals surface area (Å²) < 4.78 is 5.96. The summed E-state index contributed by atoms with van der Waals surface area (Å²) in [4.78, 5) is 50.5. The first kappa shape index (κ1) is 28.2. The largest absolute Gasteiger partial charge is 0.480 e. The summed E-state index contributed by atoms with van der Waals surface area (Å²) in [5.74, 6) is -2.60. The van der Waals surface area contributed by atoms with Crippen LogP contribution in [-0.2, 0) is 14.4 Å². The molecular weight excluding hydrogens is 501 g/mol. The van der Waals surface area contributed by atoms with Crippen LogP contribution in [0.2, 0.25) is 10.0 Å². The van der Waals surface area contributed by atoms with Gasteiger partial charge in [-0.25, -0.2) is 0 Å². The van der Waals surface area contributed by atoms with Gasteiger partial charge in [-0.05, 0) is 55.7 Å². The van der Waals surface area contributed by atoms with E-state index in [9.17, 15) is 24.3 Å².